The minimum atomic E-state index is -0.299. The molecule has 0 saturated carbocycles. The van der Waals surface area contributed by atoms with Crippen LogP contribution in [0.2, 0.25) is 0 Å². The van der Waals surface area contributed by atoms with Gasteiger partial charge in [-0.25, -0.2) is 0 Å². The van der Waals surface area contributed by atoms with Crippen LogP contribution in [0.1, 0.15) is 39.2 Å². The maximum Gasteiger partial charge on any atom is 0.278 e. The standard InChI is InChI=1S/C25H29N3O3/c1-4-31-21-13-7-18(8-14-21)22-23(25(30)28(17(2)3)24(22)29)26-19-9-11-20(12-10-19)27-15-5-6-16-27/h7-14,17,26H,4-6,15-16H2,1-3H3. The van der Waals surface area contributed by atoms with Gasteiger partial charge in [0.25, 0.3) is 11.8 Å². The van der Waals surface area contributed by atoms with Crippen molar-refractivity contribution in [1.29, 1.82) is 0 Å². The van der Waals surface area contributed by atoms with Gasteiger partial charge < -0.3 is 15.0 Å². The van der Waals surface area contributed by atoms with Crippen LogP contribution < -0.4 is 15.0 Å². The van der Waals surface area contributed by atoms with Crippen LogP contribution in [0.5, 0.6) is 5.75 Å². The summed E-state index contributed by atoms with van der Waals surface area (Å²) in [5.41, 5.74) is 3.37. The number of rotatable bonds is 7. The molecule has 2 aliphatic heterocycles. The van der Waals surface area contributed by atoms with E-state index in [1.807, 2.05) is 57.2 Å². The Balaban J connectivity index is 1.66. The number of imide groups is 1. The van der Waals surface area contributed by atoms with Gasteiger partial charge in [-0.2, -0.15) is 0 Å². The molecule has 2 heterocycles. The van der Waals surface area contributed by atoms with Gasteiger partial charge in [-0.1, -0.05) is 12.1 Å². The number of amides is 2. The van der Waals surface area contributed by atoms with Crippen molar-refractivity contribution in [2.24, 2.45) is 0 Å². The highest BCUT2D eigenvalue weighted by Gasteiger charge is 2.40. The highest BCUT2D eigenvalue weighted by molar-refractivity contribution is 6.36. The quantitative estimate of drug-likeness (QED) is 0.679. The van der Waals surface area contributed by atoms with E-state index in [0.717, 1.165) is 24.5 Å². The summed E-state index contributed by atoms with van der Waals surface area (Å²) < 4.78 is 5.51. The van der Waals surface area contributed by atoms with Crippen molar-refractivity contribution in [2.45, 2.75) is 39.7 Å². The highest BCUT2D eigenvalue weighted by atomic mass is 16.5. The molecule has 6 nitrogen and oxygen atoms in total. The molecule has 0 unspecified atom stereocenters. The molecule has 162 valence electrons. The fourth-order valence-electron chi connectivity index (χ4n) is 4.16. The second kappa shape index (κ2) is 8.84. The SMILES string of the molecule is CCOc1ccc(C2=C(Nc3ccc(N4CCCC4)cc3)C(=O)N(C(C)C)C2=O)cc1. The Bertz CT molecular complexity index is 988. The summed E-state index contributed by atoms with van der Waals surface area (Å²) >= 11 is 0. The van der Waals surface area contributed by atoms with Crippen molar-refractivity contribution in [2.75, 3.05) is 29.9 Å². The van der Waals surface area contributed by atoms with Crippen LogP contribution in [0.25, 0.3) is 5.57 Å². The van der Waals surface area contributed by atoms with Crippen LogP contribution in [0.4, 0.5) is 11.4 Å². The topological polar surface area (TPSA) is 61.9 Å². The van der Waals surface area contributed by atoms with E-state index in [1.165, 1.54) is 23.4 Å². The van der Waals surface area contributed by atoms with Crippen molar-refractivity contribution in [3.63, 3.8) is 0 Å². The predicted molar refractivity (Wildman–Crippen MR) is 123 cm³/mol. The molecule has 1 N–H and O–H groups in total. The summed E-state index contributed by atoms with van der Waals surface area (Å²) in [6, 6.07) is 15.1. The van der Waals surface area contributed by atoms with Gasteiger partial charge in [-0.3, -0.25) is 14.5 Å². The van der Waals surface area contributed by atoms with E-state index in [0.29, 0.717) is 23.4 Å². The molecule has 0 aromatic heterocycles. The highest BCUT2D eigenvalue weighted by Crippen LogP contribution is 2.33. The molecule has 0 spiro atoms. The minimum Gasteiger partial charge on any atom is -0.494 e. The van der Waals surface area contributed by atoms with Gasteiger partial charge in [-0.15, -0.1) is 0 Å². The summed E-state index contributed by atoms with van der Waals surface area (Å²) in [5, 5.41) is 3.23. The zero-order chi connectivity index (χ0) is 22.0. The second-order valence-corrected chi connectivity index (χ2v) is 8.15. The molecule has 1 fully saturated rings. The van der Waals surface area contributed by atoms with Crippen LogP contribution in [-0.4, -0.2) is 42.5 Å². The molecule has 2 aromatic rings. The number of hydrogen-bond donors (Lipinski definition) is 1. The molecular formula is C25H29N3O3. The lowest BCUT2D eigenvalue weighted by molar-refractivity contribution is -0.138. The Morgan fingerprint density at radius 3 is 2.16 bits per heavy atom. The molecule has 0 bridgehead atoms. The van der Waals surface area contributed by atoms with Crippen molar-refractivity contribution in [3.8, 4) is 5.75 Å². The number of benzene rings is 2. The summed E-state index contributed by atoms with van der Waals surface area (Å²) in [7, 11) is 0. The Hall–Kier alpha value is -3.28. The summed E-state index contributed by atoms with van der Waals surface area (Å²) in [6.07, 6.45) is 2.44. The van der Waals surface area contributed by atoms with E-state index < -0.39 is 0 Å². The van der Waals surface area contributed by atoms with Gasteiger partial charge in [0.2, 0.25) is 0 Å². The first-order valence-electron chi connectivity index (χ1n) is 11.0. The van der Waals surface area contributed by atoms with E-state index in [2.05, 4.69) is 22.3 Å². The smallest absolute Gasteiger partial charge is 0.278 e. The number of nitrogens with zero attached hydrogens (tertiary/aromatic N) is 2. The lowest BCUT2D eigenvalue weighted by Crippen LogP contribution is -2.38. The largest absolute Gasteiger partial charge is 0.494 e. The van der Waals surface area contributed by atoms with Gasteiger partial charge >= 0.3 is 0 Å². The Kier molecular flexibility index (Phi) is 5.98. The van der Waals surface area contributed by atoms with Gasteiger partial charge in [-0.05, 0) is 75.6 Å². The summed E-state index contributed by atoms with van der Waals surface area (Å²) in [4.78, 5) is 30.0. The predicted octanol–water partition coefficient (Wildman–Crippen LogP) is 4.29. The lowest BCUT2D eigenvalue weighted by atomic mass is 10.0. The number of carbonyl (C=O) groups is 2. The molecule has 4 rings (SSSR count). The lowest BCUT2D eigenvalue weighted by Gasteiger charge is -2.20. The fraction of sp³-hybridized carbons (Fsp3) is 0.360. The van der Waals surface area contributed by atoms with Crippen LogP contribution in [0, 0.1) is 0 Å². The first kappa shape index (κ1) is 21.0. The number of anilines is 2. The second-order valence-electron chi connectivity index (χ2n) is 8.15. The van der Waals surface area contributed by atoms with Crippen molar-refractivity contribution < 1.29 is 14.3 Å². The van der Waals surface area contributed by atoms with Crippen molar-refractivity contribution >= 4 is 28.8 Å². The molecule has 1 saturated heterocycles. The zero-order valence-corrected chi connectivity index (χ0v) is 18.4. The molecule has 0 aliphatic carbocycles. The van der Waals surface area contributed by atoms with Crippen molar-refractivity contribution in [1.82, 2.24) is 4.90 Å². The molecule has 0 radical (unpaired) electrons. The van der Waals surface area contributed by atoms with Crippen molar-refractivity contribution in [3.05, 3.63) is 59.8 Å². The molecule has 6 heteroatoms. The Morgan fingerprint density at radius 2 is 1.58 bits per heavy atom. The molecule has 2 aromatic carbocycles. The monoisotopic (exact) mass is 419 g/mol. The zero-order valence-electron chi connectivity index (χ0n) is 18.4. The summed E-state index contributed by atoms with van der Waals surface area (Å²) in [6.45, 7) is 8.35. The first-order chi connectivity index (χ1) is 15.0. The average molecular weight is 420 g/mol. The minimum absolute atomic E-state index is 0.227. The van der Waals surface area contributed by atoms with Crippen LogP contribution in [0.3, 0.4) is 0 Å². The first-order valence-corrected chi connectivity index (χ1v) is 11.0. The number of carbonyl (C=O) groups excluding carboxylic acids is 2. The number of ether oxygens (including phenoxy) is 1. The fourth-order valence-corrected chi connectivity index (χ4v) is 4.16. The van der Waals surface area contributed by atoms with Gasteiger partial charge in [0.1, 0.15) is 11.4 Å². The Morgan fingerprint density at radius 1 is 0.935 bits per heavy atom. The van der Waals surface area contributed by atoms with Gasteiger partial charge in [0.15, 0.2) is 0 Å². The summed E-state index contributed by atoms with van der Waals surface area (Å²) in [5.74, 6) is 0.157. The normalized spacial score (nSPS) is 16.6. The van der Waals surface area contributed by atoms with E-state index in [1.54, 1.807) is 0 Å². The maximum absolute atomic E-state index is 13.2. The van der Waals surface area contributed by atoms with E-state index in [-0.39, 0.29) is 17.9 Å². The van der Waals surface area contributed by atoms with Crippen LogP contribution in [0.15, 0.2) is 54.2 Å². The van der Waals surface area contributed by atoms with Crippen LogP contribution in [-0.2, 0) is 9.59 Å². The molecular weight excluding hydrogens is 390 g/mol. The molecule has 31 heavy (non-hydrogen) atoms. The van der Waals surface area contributed by atoms with Crippen LogP contribution >= 0.6 is 0 Å². The molecule has 2 aliphatic rings. The van der Waals surface area contributed by atoms with E-state index in [9.17, 15) is 9.59 Å². The third-order valence-electron chi connectivity index (χ3n) is 5.69. The Labute approximate surface area is 183 Å². The molecule has 2 amide bonds. The third-order valence-corrected chi connectivity index (χ3v) is 5.69. The molecule has 0 atom stereocenters. The van der Waals surface area contributed by atoms with Gasteiger partial charge in [0, 0.05) is 30.5 Å². The average Bonchev–Trinajstić information content (AvgIpc) is 3.37. The number of nitrogens with one attached hydrogen (secondary N) is 1. The van der Waals surface area contributed by atoms with Gasteiger partial charge in [0.05, 0.1) is 12.2 Å². The maximum atomic E-state index is 13.2. The van der Waals surface area contributed by atoms with E-state index in [4.69, 9.17) is 4.74 Å². The van der Waals surface area contributed by atoms with E-state index >= 15 is 0 Å². The third kappa shape index (κ3) is 4.15. The number of hydrogen-bond acceptors (Lipinski definition) is 5.